The number of carbonyl (C=O) groups is 1. The van der Waals surface area contributed by atoms with Crippen LogP contribution in [0, 0.1) is 0 Å². The molecule has 2 heterocycles. The predicted molar refractivity (Wildman–Crippen MR) is 248 cm³/mol. The topological polar surface area (TPSA) is 100 Å². The molecule has 318 valence electrons. The smallest absolute Gasteiger partial charge is 0.407 e. The van der Waals surface area contributed by atoms with Gasteiger partial charge in [-0.25, -0.2) is 4.79 Å². The molecule has 1 N–H and O–H groups in total. The largest absolute Gasteiger partial charge is 0.490 e. The van der Waals surface area contributed by atoms with Gasteiger partial charge in [0.05, 0.1) is 13.2 Å². The molecule has 0 aromatic heterocycles. The number of amides is 1. The SMILES string of the molecule is CCCCNC(=O)OC(COc1ccc2ccccc2c1-c1c(OCC2CO2)ccc2ccccc12)COc1ccc2ccccc2c1-c1c(OCC2CO2)ccc2ccccc12. The molecule has 0 bridgehead atoms. The molecule has 2 fully saturated rings. The van der Waals surface area contributed by atoms with Crippen molar-refractivity contribution in [3.05, 3.63) is 146 Å². The molecule has 9 heteroatoms. The van der Waals surface area contributed by atoms with E-state index in [2.05, 4.69) is 85.0 Å². The first-order valence-electron chi connectivity index (χ1n) is 21.9. The molecule has 0 saturated carbocycles. The fourth-order valence-corrected chi connectivity index (χ4v) is 8.25. The molecular formula is C54H49NO8. The molecule has 10 rings (SSSR count). The zero-order valence-corrected chi connectivity index (χ0v) is 35.2. The minimum atomic E-state index is -0.809. The maximum Gasteiger partial charge on any atom is 0.407 e. The normalized spacial score (nSPS) is 15.9. The molecule has 2 unspecified atom stereocenters. The van der Waals surface area contributed by atoms with Crippen LogP contribution in [0.4, 0.5) is 4.79 Å². The number of rotatable bonds is 18. The number of epoxide rings is 2. The van der Waals surface area contributed by atoms with Crippen molar-refractivity contribution in [2.45, 2.75) is 38.1 Å². The number of hydrogen-bond acceptors (Lipinski definition) is 8. The number of fused-ring (bicyclic) bond motifs is 4. The lowest BCUT2D eigenvalue weighted by Gasteiger charge is -2.24. The van der Waals surface area contributed by atoms with Gasteiger partial charge < -0.3 is 38.5 Å². The van der Waals surface area contributed by atoms with Gasteiger partial charge in [0.1, 0.15) is 61.6 Å². The Bertz CT molecular complexity index is 2740. The Morgan fingerprint density at radius 2 is 0.873 bits per heavy atom. The van der Waals surface area contributed by atoms with E-state index < -0.39 is 12.2 Å². The van der Waals surface area contributed by atoms with E-state index in [0.29, 0.717) is 44.5 Å². The molecule has 2 saturated heterocycles. The summed E-state index contributed by atoms with van der Waals surface area (Å²) in [7, 11) is 0. The minimum absolute atomic E-state index is 0.0103. The Kier molecular flexibility index (Phi) is 11.7. The van der Waals surface area contributed by atoms with Gasteiger partial charge in [-0.3, -0.25) is 0 Å². The molecule has 2 atom stereocenters. The molecule has 0 aliphatic carbocycles. The van der Waals surface area contributed by atoms with Gasteiger partial charge in [0.25, 0.3) is 0 Å². The molecule has 63 heavy (non-hydrogen) atoms. The van der Waals surface area contributed by atoms with Gasteiger partial charge in [-0.05, 0) is 73.8 Å². The van der Waals surface area contributed by atoms with E-state index in [1.165, 1.54) is 0 Å². The Labute approximate surface area is 366 Å². The molecule has 0 radical (unpaired) electrons. The number of unbranched alkanes of at least 4 members (excludes halogenated alkanes) is 1. The fraction of sp³-hybridized carbons (Fsp3) is 0.241. The van der Waals surface area contributed by atoms with Crippen LogP contribution in [0.1, 0.15) is 19.8 Å². The Balaban J connectivity index is 1.02. The first-order valence-corrected chi connectivity index (χ1v) is 21.9. The van der Waals surface area contributed by atoms with E-state index in [9.17, 15) is 4.79 Å². The zero-order chi connectivity index (χ0) is 42.5. The van der Waals surface area contributed by atoms with Crippen molar-refractivity contribution >= 4 is 49.2 Å². The summed E-state index contributed by atoms with van der Waals surface area (Å²) in [5, 5.41) is 11.3. The van der Waals surface area contributed by atoms with Gasteiger partial charge in [-0.15, -0.1) is 0 Å². The summed E-state index contributed by atoms with van der Waals surface area (Å²) in [5.41, 5.74) is 3.63. The summed E-state index contributed by atoms with van der Waals surface area (Å²) < 4.78 is 43.9. The average molecular weight is 840 g/mol. The number of benzene rings is 8. The van der Waals surface area contributed by atoms with Gasteiger partial charge in [0.2, 0.25) is 0 Å². The van der Waals surface area contributed by atoms with E-state index in [0.717, 1.165) is 89.7 Å². The third-order valence-corrected chi connectivity index (χ3v) is 11.6. The Morgan fingerprint density at radius 1 is 0.524 bits per heavy atom. The van der Waals surface area contributed by atoms with Crippen LogP contribution in [0.2, 0.25) is 0 Å². The van der Waals surface area contributed by atoms with Crippen LogP contribution in [0.15, 0.2) is 146 Å². The molecule has 2 aliphatic heterocycles. The summed E-state index contributed by atoms with van der Waals surface area (Å²) in [6.07, 6.45) is 0.585. The first-order chi connectivity index (χ1) is 31.1. The molecule has 8 aromatic carbocycles. The predicted octanol–water partition coefficient (Wildman–Crippen LogP) is 11.5. The van der Waals surface area contributed by atoms with Crippen LogP contribution in [-0.2, 0) is 14.2 Å². The van der Waals surface area contributed by atoms with Crippen molar-refractivity contribution in [1.29, 1.82) is 0 Å². The third-order valence-electron chi connectivity index (χ3n) is 11.6. The van der Waals surface area contributed by atoms with Crippen LogP contribution >= 0.6 is 0 Å². The summed E-state index contributed by atoms with van der Waals surface area (Å²) in [6, 6.07) is 49.5. The van der Waals surface area contributed by atoms with Crippen LogP contribution < -0.4 is 24.3 Å². The molecule has 9 nitrogen and oxygen atoms in total. The molecular weight excluding hydrogens is 791 g/mol. The van der Waals surface area contributed by atoms with Crippen LogP contribution in [-0.4, -0.2) is 70.6 Å². The highest BCUT2D eigenvalue weighted by Gasteiger charge is 2.28. The standard InChI is InChI=1S/C54H49NO8/c1-2-3-28-55-54(56)63-41(33-61-48-26-22-37-14-6-10-18-44(37)52(48)50-42-16-8-4-12-35(42)20-24-46(50)59-31-39-29-57-39)34-62-49-27-23-38-15-7-11-19-45(38)53(49)51-43-17-9-5-13-36(43)21-25-47(51)60-32-40-30-58-40/h4-27,39-41H,2-3,28-34H2,1H3,(H,55,56). The lowest BCUT2D eigenvalue weighted by Crippen LogP contribution is -2.36. The summed E-state index contributed by atoms with van der Waals surface area (Å²) >= 11 is 0. The van der Waals surface area contributed by atoms with Crippen molar-refractivity contribution in [3.8, 4) is 45.3 Å². The average Bonchev–Trinajstić information content (AvgIpc) is 4.28. The lowest BCUT2D eigenvalue weighted by molar-refractivity contribution is 0.0359. The maximum absolute atomic E-state index is 13.4. The van der Waals surface area contributed by atoms with Crippen molar-refractivity contribution in [2.75, 3.05) is 46.2 Å². The maximum atomic E-state index is 13.4. The second-order valence-corrected chi connectivity index (χ2v) is 16.1. The molecule has 0 spiro atoms. The highest BCUT2D eigenvalue weighted by atomic mass is 16.6. The van der Waals surface area contributed by atoms with Crippen LogP contribution in [0.25, 0.3) is 65.3 Å². The van der Waals surface area contributed by atoms with Crippen molar-refractivity contribution in [3.63, 3.8) is 0 Å². The van der Waals surface area contributed by atoms with Gasteiger partial charge in [0.15, 0.2) is 6.10 Å². The lowest BCUT2D eigenvalue weighted by atomic mass is 9.92. The Morgan fingerprint density at radius 3 is 1.22 bits per heavy atom. The number of hydrogen-bond donors (Lipinski definition) is 1. The van der Waals surface area contributed by atoms with Gasteiger partial charge >= 0.3 is 6.09 Å². The second kappa shape index (κ2) is 18.3. The van der Waals surface area contributed by atoms with Gasteiger partial charge in [-0.2, -0.15) is 0 Å². The molecule has 8 aromatic rings. The number of nitrogens with one attached hydrogen (secondary N) is 1. The molecule has 2 aliphatic rings. The van der Waals surface area contributed by atoms with Gasteiger partial charge in [0, 0.05) is 28.8 Å². The van der Waals surface area contributed by atoms with E-state index in [4.69, 9.17) is 33.2 Å². The monoisotopic (exact) mass is 839 g/mol. The van der Waals surface area contributed by atoms with Crippen LogP contribution in [0.5, 0.6) is 23.0 Å². The zero-order valence-electron chi connectivity index (χ0n) is 35.2. The van der Waals surface area contributed by atoms with Crippen LogP contribution in [0.3, 0.4) is 0 Å². The third kappa shape index (κ3) is 8.94. The van der Waals surface area contributed by atoms with Crippen molar-refractivity contribution < 1.29 is 38.0 Å². The van der Waals surface area contributed by atoms with Crippen molar-refractivity contribution in [2.24, 2.45) is 0 Å². The second-order valence-electron chi connectivity index (χ2n) is 16.1. The van der Waals surface area contributed by atoms with E-state index in [-0.39, 0.29) is 25.4 Å². The van der Waals surface area contributed by atoms with E-state index in [1.54, 1.807) is 0 Å². The van der Waals surface area contributed by atoms with E-state index in [1.807, 2.05) is 72.8 Å². The summed E-state index contributed by atoms with van der Waals surface area (Å²) in [4.78, 5) is 13.4. The molecule has 1 amide bonds. The van der Waals surface area contributed by atoms with Gasteiger partial charge in [-0.1, -0.05) is 135 Å². The minimum Gasteiger partial charge on any atom is -0.490 e. The Hall–Kier alpha value is -6.81. The van der Waals surface area contributed by atoms with Crippen molar-refractivity contribution in [1.82, 2.24) is 5.32 Å². The fourth-order valence-electron chi connectivity index (χ4n) is 8.25. The quantitative estimate of drug-likeness (QED) is 0.0673. The summed E-state index contributed by atoms with van der Waals surface area (Å²) in [5.74, 6) is 2.73. The van der Waals surface area contributed by atoms with E-state index >= 15 is 0 Å². The number of ether oxygens (including phenoxy) is 7. The number of carbonyl (C=O) groups excluding carboxylic acids is 1. The summed E-state index contributed by atoms with van der Waals surface area (Å²) in [6.45, 7) is 4.88. The first kappa shape index (κ1) is 40.3. The number of alkyl carbamates (subject to hydrolysis) is 1. The highest BCUT2D eigenvalue weighted by Crippen LogP contribution is 2.47. The highest BCUT2D eigenvalue weighted by molar-refractivity contribution is 6.11.